The molecule has 2 aromatic rings. The van der Waals surface area contributed by atoms with E-state index in [1.54, 1.807) is 24.3 Å². The number of rotatable bonds is 8. The van der Waals surface area contributed by atoms with E-state index < -0.39 is 16.1 Å². The maximum absolute atomic E-state index is 12.9. The summed E-state index contributed by atoms with van der Waals surface area (Å²) in [7, 11) is -3.66. The minimum absolute atomic E-state index is 0.00725. The van der Waals surface area contributed by atoms with Gasteiger partial charge in [-0.25, -0.2) is 13.4 Å². The van der Waals surface area contributed by atoms with Gasteiger partial charge < -0.3 is 4.74 Å². The fraction of sp³-hybridized carbons (Fsp3) is 0.409. The molecule has 0 aliphatic carbocycles. The Morgan fingerprint density at radius 1 is 1.14 bits per heavy atom. The maximum Gasteiger partial charge on any atom is 0.241 e. The molecule has 1 aliphatic heterocycles. The van der Waals surface area contributed by atoms with E-state index >= 15 is 0 Å². The molecule has 6 heteroatoms. The van der Waals surface area contributed by atoms with Crippen LogP contribution in [-0.2, 0) is 21.2 Å². The minimum Gasteiger partial charge on any atom is -0.478 e. The molecular weight excluding hydrogens is 372 g/mol. The molecule has 0 unspecified atom stereocenters. The molecule has 2 aromatic carbocycles. The van der Waals surface area contributed by atoms with E-state index in [1.807, 2.05) is 39.0 Å². The van der Waals surface area contributed by atoms with Gasteiger partial charge in [0.1, 0.15) is 12.6 Å². The van der Waals surface area contributed by atoms with E-state index in [-0.39, 0.29) is 16.9 Å². The number of benzene rings is 2. The van der Waals surface area contributed by atoms with Gasteiger partial charge in [-0.05, 0) is 37.0 Å². The third-order valence-corrected chi connectivity index (χ3v) is 6.60. The second-order valence-corrected chi connectivity index (χ2v) is 9.13. The van der Waals surface area contributed by atoms with Gasteiger partial charge in [0.05, 0.1) is 10.9 Å². The van der Waals surface area contributed by atoms with E-state index in [1.165, 1.54) is 5.56 Å². The van der Waals surface area contributed by atoms with Crippen molar-refractivity contribution in [1.82, 2.24) is 4.72 Å². The van der Waals surface area contributed by atoms with E-state index in [4.69, 9.17) is 9.73 Å². The quantitative estimate of drug-likeness (QED) is 0.734. The molecule has 1 N–H and O–H groups in total. The molecule has 0 spiro atoms. The van der Waals surface area contributed by atoms with Crippen molar-refractivity contribution in [3.63, 3.8) is 0 Å². The number of aliphatic imine (C=N–C) groups is 1. The van der Waals surface area contributed by atoms with Crippen LogP contribution in [-0.4, -0.2) is 33.0 Å². The van der Waals surface area contributed by atoms with Gasteiger partial charge in [0, 0.05) is 0 Å². The van der Waals surface area contributed by atoms with Gasteiger partial charge in [0.25, 0.3) is 0 Å². The first-order chi connectivity index (χ1) is 13.4. The van der Waals surface area contributed by atoms with Crippen molar-refractivity contribution in [1.29, 1.82) is 0 Å². The van der Waals surface area contributed by atoms with Crippen LogP contribution in [0.5, 0.6) is 0 Å². The number of sulfonamides is 1. The Morgan fingerprint density at radius 2 is 1.82 bits per heavy atom. The number of hydrogen-bond donors (Lipinski definition) is 1. The van der Waals surface area contributed by atoms with Crippen molar-refractivity contribution in [2.75, 3.05) is 6.61 Å². The average molecular weight is 401 g/mol. The van der Waals surface area contributed by atoms with Crippen molar-refractivity contribution < 1.29 is 13.2 Å². The van der Waals surface area contributed by atoms with Crippen LogP contribution in [0.2, 0.25) is 0 Å². The lowest BCUT2D eigenvalue weighted by atomic mass is 10.00. The monoisotopic (exact) mass is 400 g/mol. The Labute approximate surface area is 167 Å². The Balaban J connectivity index is 1.78. The van der Waals surface area contributed by atoms with Crippen molar-refractivity contribution in [2.45, 2.75) is 50.6 Å². The van der Waals surface area contributed by atoms with Crippen LogP contribution < -0.4 is 4.72 Å². The summed E-state index contributed by atoms with van der Waals surface area (Å²) < 4.78 is 34.4. The van der Waals surface area contributed by atoms with Crippen LogP contribution in [0.25, 0.3) is 0 Å². The van der Waals surface area contributed by atoms with Gasteiger partial charge in [-0.3, -0.25) is 0 Å². The Kier molecular flexibility index (Phi) is 6.52. The second-order valence-electron chi connectivity index (χ2n) is 7.42. The summed E-state index contributed by atoms with van der Waals surface area (Å²) in [5.74, 6) is 0.556. The number of hydrogen-bond acceptors (Lipinski definition) is 4. The smallest absolute Gasteiger partial charge is 0.241 e. The predicted octanol–water partition coefficient (Wildman–Crippen LogP) is 3.73. The number of ether oxygens (including phenoxy) is 1. The van der Waals surface area contributed by atoms with Gasteiger partial charge in [-0.1, -0.05) is 68.3 Å². The Hall–Kier alpha value is -2.18. The SMILES string of the molecule is CC[C@H](C)[C@H](NS(=O)(=O)c1ccc(C)cc1)C1=N[C@@H](Cc2ccccc2)CO1. The molecule has 0 fully saturated rings. The summed E-state index contributed by atoms with van der Waals surface area (Å²) in [5.41, 5.74) is 2.21. The highest BCUT2D eigenvalue weighted by Gasteiger charge is 2.33. The summed E-state index contributed by atoms with van der Waals surface area (Å²) >= 11 is 0. The zero-order chi connectivity index (χ0) is 20.1. The molecule has 0 saturated heterocycles. The largest absolute Gasteiger partial charge is 0.478 e. The Morgan fingerprint density at radius 3 is 2.46 bits per heavy atom. The molecule has 3 rings (SSSR count). The molecule has 150 valence electrons. The molecule has 3 atom stereocenters. The molecule has 1 heterocycles. The third kappa shape index (κ3) is 5.00. The lowest BCUT2D eigenvalue weighted by molar-refractivity contribution is 0.291. The highest BCUT2D eigenvalue weighted by Crippen LogP contribution is 2.20. The molecule has 5 nitrogen and oxygen atoms in total. The van der Waals surface area contributed by atoms with Crippen LogP contribution in [0.1, 0.15) is 31.4 Å². The molecule has 0 aromatic heterocycles. The highest BCUT2D eigenvalue weighted by atomic mass is 32.2. The lowest BCUT2D eigenvalue weighted by Crippen LogP contribution is -2.45. The van der Waals surface area contributed by atoms with Gasteiger partial charge in [-0.15, -0.1) is 0 Å². The molecular formula is C22H28N2O3S. The first kappa shape index (κ1) is 20.6. The van der Waals surface area contributed by atoms with Crippen molar-refractivity contribution in [2.24, 2.45) is 10.9 Å². The molecule has 0 saturated carbocycles. The van der Waals surface area contributed by atoms with Crippen LogP contribution in [0, 0.1) is 12.8 Å². The second kappa shape index (κ2) is 8.88. The van der Waals surface area contributed by atoms with E-state index in [2.05, 4.69) is 16.9 Å². The molecule has 28 heavy (non-hydrogen) atoms. The summed E-state index contributed by atoms with van der Waals surface area (Å²) in [4.78, 5) is 4.97. The first-order valence-corrected chi connectivity index (χ1v) is 11.2. The topological polar surface area (TPSA) is 67.8 Å². The van der Waals surface area contributed by atoms with Crippen LogP contribution in [0.4, 0.5) is 0 Å². The number of nitrogens with zero attached hydrogens (tertiary/aromatic N) is 1. The first-order valence-electron chi connectivity index (χ1n) is 9.72. The van der Waals surface area contributed by atoms with Crippen LogP contribution in [0.15, 0.2) is 64.5 Å². The third-order valence-electron chi connectivity index (χ3n) is 5.14. The molecule has 0 bridgehead atoms. The Bertz CT molecular complexity index is 909. The van der Waals surface area contributed by atoms with Crippen molar-refractivity contribution in [3.05, 3.63) is 65.7 Å². The van der Waals surface area contributed by atoms with Gasteiger partial charge >= 0.3 is 0 Å². The molecule has 1 aliphatic rings. The van der Waals surface area contributed by atoms with Gasteiger partial charge in [-0.2, -0.15) is 4.72 Å². The van der Waals surface area contributed by atoms with Crippen molar-refractivity contribution >= 4 is 15.9 Å². The molecule has 0 radical (unpaired) electrons. The van der Waals surface area contributed by atoms with Crippen LogP contribution >= 0.6 is 0 Å². The van der Waals surface area contributed by atoms with Crippen molar-refractivity contribution in [3.8, 4) is 0 Å². The van der Waals surface area contributed by atoms with E-state index in [0.717, 1.165) is 18.4 Å². The fourth-order valence-electron chi connectivity index (χ4n) is 3.20. The number of aryl methyl sites for hydroxylation is 1. The fourth-order valence-corrected chi connectivity index (χ4v) is 4.49. The zero-order valence-electron chi connectivity index (χ0n) is 16.6. The zero-order valence-corrected chi connectivity index (χ0v) is 17.4. The van der Waals surface area contributed by atoms with Gasteiger partial charge in [0.2, 0.25) is 15.9 Å². The number of nitrogens with one attached hydrogen (secondary N) is 1. The van der Waals surface area contributed by atoms with E-state index in [0.29, 0.717) is 12.5 Å². The average Bonchev–Trinajstić information content (AvgIpc) is 3.15. The summed E-state index contributed by atoms with van der Waals surface area (Å²) in [6.45, 7) is 6.46. The lowest BCUT2D eigenvalue weighted by Gasteiger charge is -2.23. The summed E-state index contributed by atoms with van der Waals surface area (Å²) in [5, 5.41) is 0. The highest BCUT2D eigenvalue weighted by molar-refractivity contribution is 7.89. The minimum atomic E-state index is -3.66. The molecule has 0 amide bonds. The van der Waals surface area contributed by atoms with E-state index in [9.17, 15) is 8.42 Å². The summed E-state index contributed by atoms with van der Waals surface area (Å²) in [6, 6.07) is 16.5. The summed E-state index contributed by atoms with van der Waals surface area (Å²) in [6.07, 6.45) is 1.59. The van der Waals surface area contributed by atoms with Crippen LogP contribution in [0.3, 0.4) is 0 Å². The predicted molar refractivity (Wildman–Crippen MR) is 112 cm³/mol. The van der Waals surface area contributed by atoms with Gasteiger partial charge in [0.15, 0.2) is 0 Å². The standard InChI is InChI=1S/C22H28N2O3S/c1-4-17(3)21(24-28(25,26)20-12-10-16(2)11-13-20)22-23-19(15-27-22)14-18-8-6-5-7-9-18/h5-13,17,19,21,24H,4,14-15H2,1-3H3/t17-,19-,21-/m0/s1. The normalized spacial score (nSPS) is 19.0. The maximum atomic E-state index is 12.9.